The van der Waals surface area contributed by atoms with Crippen molar-refractivity contribution in [3.8, 4) is 0 Å². The van der Waals surface area contributed by atoms with Crippen LogP contribution in [0.25, 0.3) is 11.1 Å². The first-order valence-electron chi connectivity index (χ1n) is 5.58. The molecule has 0 unspecified atom stereocenters. The van der Waals surface area contributed by atoms with E-state index in [1.165, 1.54) is 7.11 Å². The van der Waals surface area contributed by atoms with Gasteiger partial charge in [-0.2, -0.15) is 0 Å². The lowest BCUT2D eigenvalue weighted by atomic mass is 10.2. The van der Waals surface area contributed by atoms with Gasteiger partial charge in [0.25, 0.3) is 0 Å². The Labute approximate surface area is 103 Å². The van der Waals surface area contributed by atoms with Crippen LogP contribution in [-0.2, 0) is 16.1 Å². The lowest BCUT2D eigenvalue weighted by Crippen LogP contribution is -2.18. The van der Waals surface area contributed by atoms with Crippen LogP contribution in [0, 0.1) is 0 Å². The molecular formula is C12H14N2O4. The Kier molecular flexibility index (Phi) is 3.78. The molecule has 0 bridgehead atoms. The summed E-state index contributed by atoms with van der Waals surface area (Å²) in [6.07, 6.45) is 0.331. The van der Waals surface area contributed by atoms with Gasteiger partial charge >= 0.3 is 11.7 Å². The highest BCUT2D eigenvalue weighted by molar-refractivity contribution is 5.72. The Morgan fingerprint density at radius 3 is 3.11 bits per heavy atom. The maximum absolute atomic E-state index is 11.0. The third kappa shape index (κ3) is 2.98. The second-order valence-electron chi connectivity index (χ2n) is 3.85. The number of fused-ring (bicyclic) bond motifs is 1. The maximum Gasteiger partial charge on any atom is 0.417 e. The second-order valence-corrected chi connectivity index (χ2v) is 3.85. The Bertz CT molecular complexity index is 599. The number of benzene rings is 1. The summed E-state index contributed by atoms with van der Waals surface area (Å²) in [5.41, 5.74) is 2.20. The summed E-state index contributed by atoms with van der Waals surface area (Å²) in [6, 6.07) is 5.47. The van der Waals surface area contributed by atoms with Gasteiger partial charge in [0.1, 0.15) is 0 Å². The van der Waals surface area contributed by atoms with Gasteiger partial charge < -0.3 is 14.5 Å². The number of ether oxygens (including phenoxy) is 1. The number of aromatic nitrogens is 1. The Morgan fingerprint density at radius 1 is 1.50 bits per heavy atom. The van der Waals surface area contributed by atoms with Crippen LogP contribution in [0.2, 0.25) is 0 Å². The predicted molar refractivity (Wildman–Crippen MR) is 65.2 cm³/mol. The molecule has 0 amide bonds. The van der Waals surface area contributed by atoms with E-state index in [2.05, 4.69) is 15.0 Å². The molecule has 0 fully saturated rings. The molecule has 96 valence electrons. The van der Waals surface area contributed by atoms with Crippen molar-refractivity contribution >= 4 is 17.1 Å². The zero-order chi connectivity index (χ0) is 13.0. The number of H-pyrrole nitrogens is 1. The summed E-state index contributed by atoms with van der Waals surface area (Å²) in [5.74, 6) is -0.699. The molecular weight excluding hydrogens is 236 g/mol. The average Bonchev–Trinajstić information content (AvgIpc) is 2.73. The van der Waals surface area contributed by atoms with Crippen molar-refractivity contribution in [1.29, 1.82) is 0 Å². The SMILES string of the molecule is COC(=O)CCNCc1ccc2[nH]c(=O)oc2c1. The van der Waals surface area contributed by atoms with Gasteiger partial charge in [0, 0.05) is 13.1 Å². The first kappa shape index (κ1) is 12.4. The van der Waals surface area contributed by atoms with Crippen molar-refractivity contribution in [2.75, 3.05) is 13.7 Å². The summed E-state index contributed by atoms with van der Waals surface area (Å²) in [5, 5.41) is 3.11. The summed E-state index contributed by atoms with van der Waals surface area (Å²) < 4.78 is 9.49. The van der Waals surface area contributed by atoms with E-state index in [0.29, 0.717) is 30.6 Å². The Hall–Kier alpha value is -2.08. The van der Waals surface area contributed by atoms with Crippen LogP contribution in [0.1, 0.15) is 12.0 Å². The molecule has 0 aliphatic heterocycles. The molecule has 0 saturated carbocycles. The molecule has 6 nitrogen and oxygen atoms in total. The number of carbonyl (C=O) groups excluding carboxylic acids is 1. The lowest BCUT2D eigenvalue weighted by Gasteiger charge is -2.03. The van der Waals surface area contributed by atoms with Gasteiger partial charge in [-0.15, -0.1) is 0 Å². The van der Waals surface area contributed by atoms with Gasteiger partial charge in [-0.1, -0.05) is 6.07 Å². The number of oxazole rings is 1. The third-order valence-corrected chi connectivity index (χ3v) is 2.55. The van der Waals surface area contributed by atoms with Crippen LogP contribution in [0.5, 0.6) is 0 Å². The van der Waals surface area contributed by atoms with Crippen LogP contribution in [0.15, 0.2) is 27.4 Å². The molecule has 6 heteroatoms. The highest BCUT2D eigenvalue weighted by atomic mass is 16.5. The van der Waals surface area contributed by atoms with Crippen molar-refractivity contribution in [1.82, 2.24) is 10.3 Å². The first-order valence-corrected chi connectivity index (χ1v) is 5.58. The Morgan fingerprint density at radius 2 is 2.33 bits per heavy atom. The summed E-state index contributed by atoms with van der Waals surface area (Å²) in [6.45, 7) is 1.14. The van der Waals surface area contributed by atoms with E-state index in [4.69, 9.17) is 4.42 Å². The van der Waals surface area contributed by atoms with Crippen molar-refractivity contribution in [3.05, 3.63) is 34.3 Å². The number of carbonyl (C=O) groups is 1. The lowest BCUT2D eigenvalue weighted by molar-refractivity contribution is -0.140. The predicted octanol–water partition coefficient (Wildman–Crippen LogP) is 0.774. The largest absolute Gasteiger partial charge is 0.469 e. The van der Waals surface area contributed by atoms with Crippen LogP contribution in [0.4, 0.5) is 0 Å². The molecule has 0 aliphatic carbocycles. The van der Waals surface area contributed by atoms with Crippen molar-refractivity contribution in [2.24, 2.45) is 0 Å². The summed E-state index contributed by atoms with van der Waals surface area (Å²) in [4.78, 5) is 24.4. The van der Waals surface area contributed by atoms with Crippen LogP contribution in [0.3, 0.4) is 0 Å². The molecule has 0 aliphatic rings. The fraction of sp³-hybridized carbons (Fsp3) is 0.333. The molecule has 0 saturated heterocycles. The number of hydrogen-bond donors (Lipinski definition) is 2. The topological polar surface area (TPSA) is 84.3 Å². The number of hydrogen-bond acceptors (Lipinski definition) is 5. The number of esters is 1. The van der Waals surface area contributed by atoms with Gasteiger partial charge in [-0.25, -0.2) is 4.79 Å². The zero-order valence-electron chi connectivity index (χ0n) is 9.99. The minimum Gasteiger partial charge on any atom is -0.469 e. The quantitative estimate of drug-likeness (QED) is 0.605. The van der Waals surface area contributed by atoms with E-state index in [0.717, 1.165) is 5.56 Å². The van der Waals surface area contributed by atoms with E-state index >= 15 is 0 Å². The Balaban J connectivity index is 1.91. The van der Waals surface area contributed by atoms with E-state index in [9.17, 15) is 9.59 Å². The summed E-state index contributed by atoms with van der Waals surface area (Å²) in [7, 11) is 1.37. The van der Waals surface area contributed by atoms with Gasteiger partial charge in [0.2, 0.25) is 0 Å². The zero-order valence-corrected chi connectivity index (χ0v) is 9.99. The van der Waals surface area contributed by atoms with Crippen LogP contribution < -0.4 is 11.1 Å². The first-order chi connectivity index (χ1) is 8.69. The molecule has 1 heterocycles. The monoisotopic (exact) mass is 250 g/mol. The molecule has 0 spiro atoms. The van der Waals surface area contributed by atoms with Crippen molar-refractivity contribution in [3.63, 3.8) is 0 Å². The average molecular weight is 250 g/mol. The number of nitrogens with one attached hydrogen (secondary N) is 2. The smallest absolute Gasteiger partial charge is 0.417 e. The van der Waals surface area contributed by atoms with E-state index in [1.54, 1.807) is 12.1 Å². The van der Waals surface area contributed by atoms with Gasteiger partial charge in [0.05, 0.1) is 19.0 Å². The molecule has 18 heavy (non-hydrogen) atoms. The van der Waals surface area contributed by atoms with E-state index in [-0.39, 0.29) is 5.97 Å². The van der Waals surface area contributed by atoms with Crippen molar-refractivity contribution in [2.45, 2.75) is 13.0 Å². The van der Waals surface area contributed by atoms with Gasteiger partial charge in [-0.05, 0) is 17.7 Å². The second kappa shape index (κ2) is 5.50. The molecule has 1 aromatic heterocycles. The normalized spacial score (nSPS) is 10.7. The standard InChI is InChI=1S/C12H14N2O4/c1-17-11(15)4-5-13-7-8-2-3-9-10(6-8)18-12(16)14-9/h2-3,6,13H,4-5,7H2,1H3,(H,14,16). The van der Waals surface area contributed by atoms with E-state index < -0.39 is 5.76 Å². The summed E-state index contributed by atoms with van der Waals surface area (Å²) >= 11 is 0. The minimum atomic E-state index is -0.458. The maximum atomic E-state index is 11.0. The molecule has 1 aromatic carbocycles. The molecule has 2 rings (SSSR count). The van der Waals surface area contributed by atoms with Crippen molar-refractivity contribution < 1.29 is 13.9 Å². The molecule has 0 radical (unpaired) electrons. The van der Waals surface area contributed by atoms with Gasteiger partial charge in [-0.3, -0.25) is 9.78 Å². The highest BCUT2D eigenvalue weighted by Gasteiger charge is 2.03. The van der Waals surface area contributed by atoms with Crippen LogP contribution >= 0.6 is 0 Å². The highest BCUT2D eigenvalue weighted by Crippen LogP contribution is 2.11. The fourth-order valence-electron chi connectivity index (χ4n) is 1.62. The molecule has 2 N–H and O–H groups in total. The fourth-order valence-corrected chi connectivity index (χ4v) is 1.62. The number of methoxy groups -OCH3 is 1. The number of rotatable bonds is 5. The third-order valence-electron chi connectivity index (χ3n) is 2.55. The van der Waals surface area contributed by atoms with Gasteiger partial charge in [0.15, 0.2) is 5.58 Å². The van der Waals surface area contributed by atoms with E-state index in [1.807, 2.05) is 6.07 Å². The molecule has 2 aromatic rings. The minimum absolute atomic E-state index is 0.241. The van der Waals surface area contributed by atoms with Crippen LogP contribution in [-0.4, -0.2) is 24.6 Å². The molecule has 0 atom stereocenters. The number of aromatic amines is 1.